The van der Waals surface area contributed by atoms with Gasteiger partial charge in [-0.15, -0.1) is 0 Å². The Hall–Kier alpha value is -1.26. The van der Waals surface area contributed by atoms with Crippen molar-refractivity contribution in [3.63, 3.8) is 0 Å². The van der Waals surface area contributed by atoms with Crippen LogP contribution in [0.25, 0.3) is 0 Å². The fourth-order valence-corrected chi connectivity index (χ4v) is 2.81. The van der Waals surface area contributed by atoms with Crippen LogP contribution in [0.15, 0.2) is 18.2 Å². The van der Waals surface area contributed by atoms with Crippen LogP contribution in [-0.2, 0) is 6.54 Å². The Morgan fingerprint density at radius 2 is 2.21 bits per heavy atom. The van der Waals surface area contributed by atoms with E-state index in [-0.39, 0.29) is 0 Å². The normalized spacial score (nSPS) is 23.9. The van der Waals surface area contributed by atoms with Gasteiger partial charge in [0, 0.05) is 13.1 Å². The monoisotopic (exact) mass is 262 g/mol. The van der Waals surface area contributed by atoms with E-state index < -0.39 is 0 Å². The van der Waals surface area contributed by atoms with Crippen molar-refractivity contribution < 1.29 is 9.47 Å². The molecule has 0 amide bonds. The number of benzene rings is 1. The molecule has 2 heterocycles. The van der Waals surface area contributed by atoms with Gasteiger partial charge in [-0.3, -0.25) is 4.90 Å². The predicted molar refractivity (Wildman–Crippen MR) is 74.5 cm³/mol. The zero-order valence-corrected chi connectivity index (χ0v) is 11.5. The summed E-state index contributed by atoms with van der Waals surface area (Å²) in [6.45, 7) is 8.23. The number of fused-ring (bicyclic) bond motifs is 1. The van der Waals surface area contributed by atoms with Crippen LogP contribution in [0.2, 0.25) is 0 Å². The van der Waals surface area contributed by atoms with Crippen molar-refractivity contribution in [2.75, 3.05) is 33.0 Å². The summed E-state index contributed by atoms with van der Waals surface area (Å²) in [6.07, 6.45) is 1.22. The van der Waals surface area contributed by atoms with Crippen LogP contribution in [-0.4, -0.2) is 37.9 Å². The molecule has 1 saturated heterocycles. The fourth-order valence-electron chi connectivity index (χ4n) is 2.81. The van der Waals surface area contributed by atoms with Gasteiger partial charge in [0.2, 0.25) is 6.79 Å². The van der Waals surface area contributed by atoms with Gasteiger partial charge in [-0.25, -0.2) is 0 Å². The Morgan fingerprint density at radius 3 is 3.16 bits per heavy atom. The maximum absolute atomic E-state index is 5.44. The summed E-state index contributed by atoms with van der Waals surface area (Å²) in [7, 11) is 0. The van der Waals surface area contributed by atoms with Crippen LogP contribution in [0.1, 0.15) is 18.9 Å². The van der Waals surface area contributed by atoms with Gasteiger partial charge in [0.05, 0.1) is 0 Å². The lowest BCUT2D eigenvalue weighted by Gasteiger charge is -2.28. The summed E-state index contributed by atoms with van der Waals surface area (Å²) in [6, 6.07) is 6.28. The predicted octanol–water partition coefficient (Wildman–Crippen LogP) is 1.85. The van der Waals surface area contributed by atoms with Gasteiger partial charge in [-0.05, 0) is 49.7 Å². The van der Waals surface area contributed by atoms with Crippen molar-refractivity contribution in [3.8, 4) is 11.5 Å². The first-order valence-corrected chi connectivity index (χ1v) is 7.13. The van der Waals surface area contributed by atoms with Crippen molar-refractivity contribution in [1.29, 1.82) is 0 Å². The number of hydrogen-bond acceptors (Lipinski definition) is 4. The van der Waals surface area contributed by atoms with E-state index in [0.29, 0.717) is 12.7 Å². The molecule has 0 radical (unpaired) electrons. The molecule has 4 nitrogen and oxygen atoms in total. The molecular formula is C15H22N2O2. The summed E-state index contributed by atoms with van der Waals surface area (Å²) in [4.78, 5) is 2.54. The Kier molecular flexibility index (Phi) is 3.89. The average molecular weight is 262 g/mol. The third-order valence-electron chi connectivity index (χ3n) is 3.73. The van der Waals surface area contributed by atoms with E-state index in [4.69, 9.17) is 9.47 Å². The molecule has 4 heteroatoms. The maximum Gasteiger partial charge on any atom is 0.231 e. The van der Waals surface area contributed by atoms with Crippen molar-refractivity contribution >= 4 is 0 Å². The molecule has 3 rings (SSSR count). The van der Waals surface area contributed by atoms with E-state index in [0.717, 1.165) is 44.2 Å². The molecule has 0 aromatic heterocycles. The Bertz CT molecular complexity index is 436. The maximum atomic E-state index is 5.44. The highest BCUT2D eigenvalue weighted by molar-refractivity contribution is 5.44. The van der Waals surface area contributed by atoms with Gasteiger partial charge in [0.25, 0.3) is 0 Å². The first kappa shape index (κ1) is 12.8. The third kappa shape index (κ3) is 3.19. The lowest BCUT2D eigenvalue weighted by molar-refractivity contribution is 0.173. The van der Waals surface area contributed by atoms with Gasteiger partial charge < -0.3 is 14.8 Å². The zero-order valence-electron chi connectivity index (χ0n) is 11.5. The van der Waals surface area contributed by atoms with Crippen LogP contribution in [0.3, 0.4) is 0 Å². The second kappa shape index (κ2) is 5.80. The van der Waals surface area contributed by atoms with Crippen LogP contribution >= 0.6 is 0 Å². The SMILES string of the molecule is CC1CNCCCN(Cc2ccc3c(c2)OCO3)C1. The Balaban J connectivity index is 1.65. The standard InChI is InChI=1S/C15H22N2O2/c1-12-8-16-5-2-6-17(9-12)10-13-3-4-14-15(7-13)19-11-18-14/h3-4,7,12,16H,2,5-6,8-11H2,1H3. The summed E-state index contributed by atoms with van der Waals surface area (Å²) in [5.41, 5.74) is 1.31. The average Bonchev–Trinajstić information content (AvgIpc) is 2.83. The number of nitrogens with one attached hydrogen (secondary N) is 1. The van der Waals surface area contributed by atoms with Crippen LogP contribution in [0, 0.1) is 5.92 Å². The molecule has 1 fully saturated rings. The summed E-state index contributed by atoms with van der Waals surface area (Å²) >= 11 is 0. The zero-order chi connectivity index (χ0) is 13.1. The van der Waals surface area contributed by atoms with E-state index in [2.05, 4.69) is 29.3 Å². The van der Waals surface area contributed by atoms with E-state index in [1.807, 2.05) is 6.07 Å². The Morgan fingerprint density at radius 1 is 1.32 bits per heavy atom. The van der Waals surface area contributed by atoms with E-state index in [1.165, 1.54) is 12.0 Å². The second-order valence-corrected chi connectivity index (χ2v) is 5.59. The Labute approximate surface area is 114 Å². The largest absolute Gasteiger partial charge is 0.454 e. The number of hydrogen-bond donors (Lipinski definition) is 1. The van der Waals surface area contributed by atoms with Crippen LogP contribution < -0.4 is 14.8 Å². The van der Waals surface area contributed by atoms with Crippen molar-refractivity contribution in [2.24, 2.45) is 5.92 Å². The van der Waals surface area contributed by atoms with Gasteiger partial charge >= 0.3 is 0 Å². The van der Waals surface area contributed by atoms with Crippen molar-refractivity contribution in [1.82, 2.24) is 10.2 Å². The quantitative estimate of drug-likeness (QED) is 0.882. The third-order valence-corrected chi connectivity index (χ3v) is 3.73. The van der Waals surface area contributed by atoms with Crippen molar-refractivity contribution in [3.05, 3.63) is 23.8 Å². The van der Waals surface area contributed by atoms with Gasteiger partial charge in [-0.2, -0.15) is 0 Å². The van der Waals surface area contributed by atoms with E-state index >= 15 is 0 Å². The molecular weight excluding hydrogens is 240 g/mol. The summed E-state index contributed by atoms with van der Waals surface area (Å²) < 4.78 is 10.8. The molecule has 0 aliphatic carbocycles. The minimum Gasteiger partial charge on any atom is -0.454 e. The smallest absolute Gasteiger partial charge is 0.231 e. The van der Waals surface area contributed by atoms with E-state index in [9.17, 15) is 0 Å². The summed E-state index contributed by atoms with van der Waals surface area (Å²) in [5, 5.41) is 3.49. The first-order valence-electron chi connectivity index (χ1n) is 7.13. The molecule has 1 aromatic carbocycles. The highest BCUT2D eigenvalue weighted by Crippen LogP contribution is 2.32. The molecule has 1 unspecified atom stereocenters. The molecule has 2 aliphatic heterocycles. The summed E-state index contributed by atoms with van der Waals surface area (Å²) in [5.74, 6) is 2.46. The minimum atomic E-state index is 0.352. The molecule has 2 aliphatic rings. The molecule has 19 heavy (non-hydrogen) atoms. The van der Waals surface area contributed by atoms with Crippen LogP contribution in [0.4, 0.5) is 0 Å². The number of ether oxygens (including phenoxy) is 2. The minimum absolute atomic E-state index is 0.352. The van der Waals surface area contributed by atoms with Crippen LogP contribution in [0.5, 0.6) is 11.5 Å². The highest BCUT2D eigenvalue weighted by atomic mass is 16.7. The highest BCUT2D eigenvalue weighted by Gasteiger charge is 2.16. The van der Waals surface area contributed by atoms with Gasteiger partial charge in [-0.1, -0.05) is 13.0 Å². The molecule has 0 bridgehead atoms. The van der Waals surface area contributed by atoms with Gasteiger partial charge in [0.15, 0.2) is 11.5 Å². The molecule has 104 valence electrons. The molecule has 0 spiro atoms. The first-order chi connectivity index (χ1) is 9.31. The van der Waals surface area contributed by atoms with Gasteiger partial charge in [0.1, 0.15) is 0 Å². The molecule has 1 aromatic rings. The lowest BCUT2D eigenvalue weighted by Crippen LogP contribution is -2.38. The number of rotatable bonds is 2. The lowest BCUT2D eigenvalue weighted by atomic mass is 10.1. The second-order valence-electron chi connectivity index (χ2n) is 5.59. The molecule has 0 saturated carbocycles. The van der Waals surface area contributed by atoms with E-state index in [1.54, 1.807) is 0 Å². The topological polar surface area (TPSA) is 33.7 Å². The fraction of sp³-hybridized carbons (Fsp3) is 0.600. The molecule has 1 N–H and O–H groups in total. The molecule has 1 atom stereocenters. The van der Waals surface area contributed by atoms with Crippen molar-refractivity contribution in [2.45, 2.75) is 19.9 Å². The number of nitrogens with zero attached hydrogens (tertiary/aromatic N) is 1.